The van der Waals surface area contributed by atoms with Gasteiger partial charge in [0.2, 0.25) is 0 Å². The third-order valence-electron chi connectivity index (χ3n) is 2.10. The van der Waals surface area contributed by atoms with Crippen molar-refractivity contribution in [2.45, 2.75) is 13.8 Å². The summed E-state index contributed by atoms with van der Waals surface area (Å²) in [5.41, 5.74) is 0.701. The van der Waals surface area contributed by atoms with E-state index in [4.69, 9.17) is 4.74 Å². The minimum Gasteiger partial charge on any atom is -0.494 e. The number of carbonyl (C=O) groups excluding carboxylic acids is 1. The molecule has 0 fully saturated rings. The average molecular weight is 235 g/mol. The van der Waals surface area contributed by atoms with E-state index >= 15 is 0 Å². The van der Waals surface area contributed by atoms with Gasteiger partial charge in [-0.3, -0.25) is 14.9 Å². The fourth-order valence-corrected chi connectivity index (χ4v) is 1.19. The first kappa shape index (κ1) is 12.9. The largest absolute Gasteiger partial charge is 0.494 e. The van der Waals surface area contributed by atoms with Crippen molar-refractivity contribution in [3.05, 3.63) is 57.5 Å². The number of hydrogen-bond donors (Lipinski definition) is 0. The molecule has 0 spiro atoms. The van der Waals surface area contributed by atoms with Crippen LogP contribution in [0.2, 0.25) is 0 Å². The SMILES string of the molecule is CCO/C=C(/C(=O)c1ccc(C)cc1)[N+](=O)[O-]. The van der Waals surface area contributed by atoms with Crippen LogP contribution in [0.3, 0.4) is 0 Å². The summed E-state index contributed by atoms with van der Waals surface area (Å²) in [5.74, 6) is -0.650. The molecule has 0 saturated heterocycles. The molecule has 1 aromatic rings. The van der Waals surface area contributed by atoms with Gasteiger partial charge in [-0.2, -0.15) is 0 Å². The van der Waals surface area contributed by atoms with Gasteiger partial charge in [0.15, 0.2) is 6.26 Å². The van der Waals surface area contributed by atoms with Crippen LogP contribution in [0.15, 0.2) is 36.2 Å². The van der Waals surface area contributed by atoms with Crippen LogP contribution in [0, 0.1) is 17.0 Å². The highest BCUT2D eigenvalue weighted by atomic mass is 16.6. The highest BCUT2D eigenvalue weighted by molar-refractivity contribution is 6.06. The summed E-state index contributed by atoms with van der Waals surface area (Å²) in [6.45, 7) is 3.83. The van der Waals surface area contributed by atoms with Gasteiger partial charge in [0.25, 0.3) is 5.78 Å². The van der Waals surface area contributed by atoms with Crippen LogP contribution in [-0.4, -0.2) is 17.3 Å². The fourth-order valence-electron chi connectivity index (χ4n) is 1.19. The molecule has 0 aliphatic rings. The van der Waals surface area contributed by atoms with E-state index < -0.39 is 16.4 Å². The number of nitro groups is 1. The van der Waals surface area contributed by atoms with Gasteiger partial charge in [-0.25, -0.2) is 0 Å². The van der Waals surface area contributed by atoms with Crippen molar-refractivity contribution in [1.29, 1.82) is 0 Å². The van der Waals surface area contributed by atoms with Crippen LogP contribution in [0.4, 0.5) is 0 Å². The summed E-state index contributed by atoms with van der Waals surface area (Å²) in [6, 6.07) is 6.57. The lowest BCUT2D eigenvalue weighted by molar-refractivity contribution is -0.418. The van der Waals surface area contributed by atoms with E-state index in [9.17, 15) is 14.9 Å². The van der Waals surface area contributed by atoms with Gasteiger partial charge in [-0.1, -0.05) is 29.8 Å². The number of Topliss-reactive ketones (excluding diaryl/α,β-unsaturated/α-hetero) is 1. The normalized spacial score (nSPS) is 11.1. The summed E-state index contributed by atoms with van der Waals surface area (Å²) in [4.78, 5) is 21.8. The molecule has 0 amide bonds. The van der Waals surface area contributed by atoms with E-state index in [-0.39, 0.29) is 12.2 Å². The number of ketones is 1. The summed E-state index contributed by atoms with van der Waals surface area (Å²) in [6.07, 6.45) is 0.891. The first-order valence-corrected chi connectivity index (χ1v) is 5.13. The minimum atomic E-state index is -0.738. The molecular formula is C12H13NO4. The number of benzene rings is 1. The Morgan fingerprint density at radius 2 is 2.00 bits per heavy atom. The summed E-state index contributed by atoms with van der Waals surface area (Å²) < 4.78 is 4.80. The molecule has 0 heterocycles. The molecular weight excluding hydrogens is 222 g/mol. The number of carbonyl (C=O) groups is 1. The number of rotatable bonds is 5. The lowest BCUT2D eigenvalue weighted by Crippen LogP contribution is -2.12. The number of nitrogens with zero attached hydrogens (tertiary/aromatic N) is 1. The third kappa shape index (κ3) is 3.41. The van der Waals surface area contributed by atoms with Crippen molar-refractivity contribution in [2.75, 3.05) is 6.61 Å². The molecule has 5 heteroatoms. The van der Waals surface area contributed by atoms with Gasteiger partial charge < -0.3 is 4.74 Å². The van der Waals surface area contributed by atoms with Crippen LogP contribution in [0.5, 0.6) is 0 Å². The second-order valence-electron chi connectivity index (χ2n) is 3.41. The monoisotopic (exact) mass is 235 g/mol. The first-order valence-electron chi connectivity index (χ1n) is 5.13. The standard InChI is InChI=1S/C12H13NO4/c1-3-17-8-11(13(15)16)12(14)10-6-4-9(2)5-7-10/h4-8H,3H2,1-2H3/b11-8-. The molecule has 0 atom stereocenters. The van der Waals surface area contributed by atoms with Crippen molar-refractivity contribution in [3.8, 4) is 0 Å². The number of ether oxygens (including phenoxy) is 1. The molecule has 0 aromatic heterocycles. The molecule has 0 N–H and O–H groups in total. The van der Waals surface area contributed by atoms with Gasteiger partial charge >= 0.3 is 5.70 Å². The van der Waals surface area contributed by atoms with Gasteiger partial charge in [0, 0.05) is 5.56 Å². The maximum absolute atomic E-state index is 11.8. The van der Waals surface area contributed by atoms with Crippen LogP contribution in [0.25, 0.3) is 0 Å². The Morgan fingerprint density at radius 1 is 1.41 bits per heavy atom. The molecule has 17 heavy (non-hydrogen) atoms. The minimum absolute atomic E-state index is 0.276. The Kier molecular flexibility index (Phi) is 4.39. The second kappa shape index (κ2) is 5.79. The topological polar surface area (TPSA) is 69.4 Å². The zero-order valence-corrected chi connectivity index (χ0v) is 9.67. The molecule has 1 rings (SSSR count). The third-order valence-corrected chi connectivity index (χ3v) is 2.10. The summed E-state index contributed by atoms with van der Waals surface area (Å²) in [5, 5.41) is 10.7. The van der Waals surface area contributed by atoms with Crippen molar-refractivity contribution >= 4 is 5.78 Å². The summed E-state index contributed by atoms with van der Waals surface area (Å²) >= 11 is 0. The van der Waals surface area contributed by atoms with Crippen molar-refractivity contribution in [1.82, 2.24) is 0 Å². The number of aryl methyl sites for hydroxylation is 1. The van der Waals surface area contributed by atoms with E-state index in [2.05, 4.69) is 0 Å². The molecule has 0 aliphatic heterocycles. The van der Waals surface area contributed by atoms with Gasteiger partial charge in [-0.15, -0.1) is 0 Å². The molecule has 90 valence electrons. The van der Waals surface area contributed by atoms with E-state index in [1.54, 1.807) is 31.2 Å². The predicted molar refractivity (Wildman–Crippen MR) is 62.2 cm³/mol. The number of allylic oxidation sites excluding steroid dienone is 1. The van der Waals surface area contributed by atoms with E-state index in [1.807, 2.05) is 6.92 Å². The molecule has 0 aliphatic carbocycles. The average Bonchev–Trinajstić information content (AvgIpc) is 2.29. The Bertz CT molecular complexity index is 448. The summed E-state index contributed by atoms with van der Waals surface area (Å²) in [7, 11) is 0. The second-order valence-corrected chi connectivity index (χ2v) is 3.41. The van der Waals surface area contributed by atoms with E-state index in [0.29, 0.717) is 0 Å². The highest BCUT2D eigenvalue weighted by Gasteiger charge is 2.23. The van der Waals surface area contributed by atoms with Crippen molar-refractivity contribution < 1.29 is 14.5 Å². The van der Waals surface area contributed by atoms with Gasteiger partial charge in [0.05, 0.1) is 11.5 Å². The van der Waals surface area contributed by atoms with E-state index in [0.717, 1.165) is 11.8 Å². The zero-order valence-electron chi connectivity index (χ0n) is 9.67. The quantitative estimate of drug-likeness (QED) is 0.258. The number of hydrogen-bond acceptors (Lipinski definition) is 4. The van der Waals surface area contributed by atoms with Crippen molar-refractivity contribution in [3.63, 3.8) is 0 Å². The Morgan fingerprint density at radius 3 is 2.47 bits per heavy atom. The van der Waals surface area contributed by atoms with Crippen LogP contribution in [-0.2, 0) is 4.74 Å². The van der Waals surface area contributed by atoms with Gasteiger partial charge in [-0.05, 0) is 13.8 Å². The molecule has 0 bridgehead atoms. The smallest absolute Gasteiger partial charge is 0.350 e. The van der Waals surface area contributed by atoms with Gasteiger partial charge in [0.1, 0.15) is 0 Å². The Labute approximate surface area is 98.9 Å². The van der Waals surface area contributed by atoms with Crippen LogP contribution < -0.4 is 0 Å². The molecule has 5 nitrogen and oxygen atoms in total. The predicted octanol–water partition coefficient (Wildman–Crippen LogP) is 2.33. The van der Waals surface area contributed by atoms with Crippen molar-refractivity contribution in [2.24, 2.45) is 0 Å². The first-order chi connectivity index (χ1) is 8.06. The van der Waals surface area contributed by atoms with E-state index in [1.165, 1.54) is 0 Å². The zero-order chi connectivity index (χ0) is 12.8. The van der Waals surface area contributed by atoms with Crippen LogP contribution in [0.1, 0.15) is 22.8 Å². The maximum atomic E-state index is 11.8. The highest BCUT2D eigenvalue weighted by Crippen LogP contribution is 2.10. The lowest BCUT2D eigenvalue weighted by atomic mass is 10.1. The maximum Gasteiger partial charge on any atom is 0.350 e. The lowest BCUT2D eigenvalue weighted by Gasteiger charge is -2.00. The van der Waals surface area contributed by atoms with Crippen LogP contribution >= 0.6 is 0 Å². The molecule has 1 aromatic carbocycles. The molecule has 0 radical (unpaired) electrons. The fraction of sp³-hybridized carbons (Fsp3) is 0.250. The molecule has 0 unspecified atom stereocenters. The Hall–Kier alpha value is -2.17. The molecule has 0 saturated carbocycles. The Balaban J connectivity index is 3.00.